The Morgan fingerprint density at radius 2 is 1.83 bits per heavy atom. The number of nitrogens with one attached hydrogen (secondary N) is 1. The first-order valence-corrected chi connectivity index (χ1v) is 10.4. The molecule has 0 aliphatic carbocycles. The van der Waals surface area contributed by atoms with Crippen LogP contribution in [0.3, 0.4) is 0 Å². The van der Waals surface area contributed by atoms with Gasteiger partial charge in [-0.05, 0) is 47.9 Å². The second kappa shape index (κ2) is 8.59. The summed E-state index contributed by atoms with van der Waals surface area (Å²) in [5.41, 5.74) is 3.11. The van der Waals surface area contributed by atoms with Crippen molar-refractivity contribution < 1.29 is 13.9 Å². The number of hydrogen-bond donors (Lipinski definition) is 1. The van der Waals surface area contributed by atoms with Crippen molar-refractivity contribution in [1.29, 1.82) is 0 Å². The van der Waals surface area contributed by atoms with Gasteiger partial charge in [-0.15, -0.1) is 11.3 Å². The van der Waals surface area contributed by atoms with Crippen LogP contribution in [0.15, 0.2) is 60.2 Å². The minimum Gasteiger partial charge on any atom is -0.462 e. The summed E-state index contributed by atoms with van der Waals surface area (Å²) >= 11 is 1.51. The molecule has 0 spiro atoms. The normalized spacial score (nSPS) is 11.1. The lowest BCUT2D eigenvalue weighted by molar-refractivity contribution is 0.0459. The van der Waals surface area contributed by atoms with Gasteiger partial charge in [0.25, 0.3) is 0 Å². The Morgan fingerprint density at radius 3 is 2.53 bits per heavy atom. The third kappa shape index (κ3) is 4.31. The number of anilines is 2. The summed E-state index contributed by atoms with van der Waals surface area (Å²) in [4.78, 5) is 21.7. The molecule has 5 nitrogen and oxygen atoms in total. The second-order valence-electron chi connectivity index (χ2n) is 7.25. The van der Waals surface area contributed by atoms with Crippen molar-refractivity contribution in [2.45, 2.75) is 13.8 Å². The fourth-order valence-corrected chi connectivity index (χ4v) is 3.88. The van der Waals surface area contributed by atoms with E-state index < -0.39 is 0 Å². The van der Waals surface area contributed by atoms with Crippen LogP contribution in [0.1, 0.15) is 24.2 Å². The van der Waals surface area contributed by atoms with E-state index in [9.17, 15) is 9.18 Å². The van der Waals surface area contributed by atoms with Gasteiger partial charge in [0.15, 0.2) is 0 Å². The number of nitrogens with zero attached hydrogens (tertiary/aromatic N) is 2. The standard InChI is InChI=1S/C23H20FN3O2S/c1-14(2)11-29-23(28)16-5-9-18(10-6-16)27-21-20-19(12-30-22(20)26-13-25-21)15-3-7-17(24)8-4-15/h3-10,12-14H,11H2,1-2H3,(H,25,26,27). The molecule has 4 aromatic rings. The van der Waals surface area contributed by atoms with Crippen LogP contribution in [0.4, 0.5) is 15.9 Å². The number of fused-ring (bicyclic) bond motifs is 1. The van der Waals surface area contributed by atoms with E-state index in [0.29, 0.717) is 18.0 Å². The SMILES string of the molecule is CC(C)COC(=O)c1ccc(Nc2ncnc3scc(-c4ccc(F)cc4)c23)cc1. The first-order chi connectivity index (χ1) is 14.5. The molecule has 0 fully saturated rings. The fourth-order valence-electron chi connectivity index (χ4n) is 2.96. The topological polar surface area (TPSA) is 64.1 Å². The van der Waals surface area contributed by atoms with Gasteiger partial charge < -0.3 is 10.1 Å². The number of rotatable bonds is 6. The molecule has 0 saturated heterocycles. The average molecular weight is 421 g/mol. The van der Waals surface area contributed by atoms with E-state index in [2.05, 4.69) is 15.3 Å². The van der Waals surface area contributed by atoms with Crippen molar-refractivity contribution in [1.82, 2.24) is 9.97 Å². The number of carbonyl (C=O) groups excluding carboxylic acids is 1. The molecule has 7 heteroatoms. The highest BCUT2D eigenvalue weighted by molar-refractivity contribution is 7.17. The van der Waals surface area contributed by atoms with Gasteiger partial charge in [-0.25, -0.2) is 19.2 Å². The predicted molar refractivity (Wildman–Crippen MR) is 118 cm³/mol. The van der Waals surface area contributed by atoms with E-state index in [1.807, 2.05) is 31.4 Å². The van der Waals surface area contributed by atoms with Crippen LogP contribution >= 0.6 is 11.3 Å². The molecule has 4 rings (SSSR count). The average Bonchev–Trinajstić information content (AvgIpc) is 3.18. The third-order valence-corrected chi connectivity index (χ3v) is 5.34. The van der Waals surface area contributed by atoms with Gasteiger partial charge in [0.1, 0.15) is 22.8 Å². The molecule has 2 aromatic carbocycles. The minimum absolute atomic E-state index is 0.278. The summed E-state index contributed by atoms with van der Waals surface area (Å²) in [6.45, 7) is 4.38. The highest BCUT2D eigenvalue weighted by Gasteiger charge is 2.14. The first-order valence-electron chi connectivity index (χ1n) is 9.53. The molecular formula is C23H20FN3O2S. The van der Waals surface area contributed by atoms with E-state index in [-0.39, 0.29) is 17.7 Å². The molecule has 0 amide bonds. The lowest BCUT2D eigenvalue weighted by Gasteiger charge is -2.10. The number of hydrogen-bond acceptors (Lipinski definition) is 6. The molecule has 0 radical (unpaired) electrons. The lowest BCUT2D eigenvalue weighted by Crippen LogP contribution is -2.10. The smallest absolute Gasteiger partial charge is 0.338 e. The molecule has 0 unspecified atom stereocenters. The van der Waals surface area contributed by atoms with Crippen LogP contribution in [0.5, 0.6) is 0 Å². The zero-order chi connectivity index (χ0) is 21.1. The molecule has 1 N–H and O–H groups in total. The van der Waals surface area contributed by atoms with Crippen molar-refractivity contribution in [3.63, 3.8) is 0 Å². The minimum atomic E-state index is -0.337. The summed E-state index contributed by atoms with van der Waals surface area (Å²) < 4.78 is 18.6. The Kier molecular flexibility index (Phi) is 5.72. The molecule has 0 aliphatic rings. The van der Waals surface area contributed by atoms with E-state index in [4.69, 9.17) is 4.74 Å². The van der Waals surface area contributed by atoms with Gasteiger partial charge >= 0.3 is 5.97 Å². The van der Waals surface area contributed by atoms with Gasteiger partial charge in [0.05, 0.1) is 17.6 Å². The zero-order valence-electron chi connectivity index (χ0n) is 16.6. The number of aromatic nitrogens is 2. The summed E-state index contributed by atoms with van der Waals surface area (Å²) in [6.07, 6.45) is 1.51. The number of halogens is 1. The quantitative estimate of drug-likeness (QED) is 0.384. The van der Waals surface area contributed by atoms with Gasteiger partial charge in [-0.2, -0.15) is 0 Å². The van der Waals surface area contributed by atoms with Crippen molar-refractivity contribution in [3.8, 4) is 11.1 Å². The Hall–Kier alpha value is -3.32. The van der Waals surface area contributed by atoms with Crippen LogP contribution < -0.4 is 5.32 Å². The van der Waals surface area contributed by atoms with Crippen molar-refractivity contribution >= 4 is 39.0 Å². The van der Waals surface area contributed by atoms with E-state index in [1.54, 1.807) is 24.3 Å². The summed E-state index contributed by atoms with van der Waals surface area (Å²) in [7, 11) is 0. The summed E-state index contributed by atoms with van der Waals surface area (Å²) in [5, 5.41) is 6.16. The maximum absolute atomic E-state index is 13.3. The highest BCUT2D eigenvalue weighted by Crippen LogP contribution is 2.37. The maximum Gasteiger partial charge on any atom is 0.338 e. The molecule has 0 bridgehead atoms. The molecule has 2 aromatic heterocycles. The predicted octanol–water partition coefficient (Wildman–Crippen LogP) is 6.05. The first kappa shape index (κ1) is 20.0. The summed E-state index contributed by atoms with van der Waals surface area (Å²) in [5.74, 6) is 0.322. The largest absolute Gasteiger partial charge is 0.462 e. The Bertz CT molecular complexity index is 1170. The monoisotopic (exact) mass is 421 g/mol. The Balaban J connectivity index is 1.60. The van der Waals surface area contributed by atoms with Crippen LogP contribution in [0, 0.1) is 11.7 Å². The number of esters is 1. The van der Waals surface area contributed by atoms with E-state index in [1.165, 1.54) is 29.8 Å². The lowest BCUT2D eigenvalue weighted by atomic mass is 10.1. The molecule has 0 aliphatic heterocycles. The molecule has 2 heterocycles. The number of ether oxygens (including phenoxy) is 1. The van der Waals surface area contributed by atoms with E-state index in [0.717, 1.165) is 27.0 Å². The number of carbonyl (C=O) groups is 1. The second-order valence-corrected chi connectivity index (χ2v) is 8.11. The van der Waals surface area contributed by atoms with Crippen LogP contribution in [0.25, 0.3) is 21.3 Å². The molecule has 0 atom stereocenters. The van der Waals surface area contributed by atoms with Gasteiger partial charge in [-0.3, -0.25) is 0 Å². The van der Waals surface area contributed by atoms with Crippen LogP contribution in [-0.2, 0) is 4.74 Å². The summed E-state index contributed by atoms with van der Waals surface area (Å²) in [6, 6.07) is 13.4. The van der Waals surface area contributed by atoms with E-state index >= 15 is 0 Å². The van der Waals surface area contributed by atoms with Crippen LogP contribution in [-0.4, -0.2) is 22.5 Å². The molecule has 152 valence electrons. The van der Waals surface area contributed by atoms with Gasteiger partial charge in [0, 0.05) is 16.6 Å². The van der Waals surface area contributed by atoms with Crippen molar-refractivity contribution in [2.24, 2.45) is 5.92 Å². The molecular weight excluding hydrogens is 401 g/mol. The number of thiophene rings is 1. The maximum atomic E-state index is 13.3. The third-order valence-electron chi connectivity index (χ3n) is 4.46. The van der Waals surface area contributed by atoms with Gasteiger partial charge in [-0.1, -0.05) is 26.0 Å². The Labute approximate surface area is 177 Å². The Morgan fingerprint density at radius 1 is 1.10 bits per heavy atom. The van der Waals surface area contributed by atoms with Gasteiger partial charge in [0.2, 0.25) is 0 Å². The zero-order valence-corrected chi connectivity index (χ0v) is 17.4. The fraction of sp³-hybridized carbons (Fsp3) is 0.174. The molecule has 30 heavy (non-hydrogen) atoms. The molecule has 0 saturated carbocycles. The van der Waals surface area contributed by atoms with Crippen molar-refractivity contribution in [2.75, 3.05) is 11.9 Å². The highest BCUT2D eigenvalue weighted by atomic mass is 32.1. The van der Waals surface area contributed by atoms with Crippen LogP contribution in [0.2, 0.25) is 0 Å². The van der Waals surface area contributed by atoms with Crippen molar-refractivity contribution in [3.05, 3.63) is 71.6 Å². The number of benzene rings is 2.